The van der Waals surface area contributed by atoms with E-state index in [1.807, 2.05) is 12.1 Å². The molecule has 3 aromatic rings. The van der Waals surface area contributed by atoms with E-state index in [0.29, 0.717) is 30.3 Å². The quantitative estimate of drug-likeness (QED) is 0.687. The van der Waals surface area contributed by atoms with Gasteiger partial charge in [-0.15, -0.1) is 0 Å². The number of carbonyl (C=O) groups is 1. The molecule has 0 spiro atoms. The molecular formula is C20H19N3O5. The highest BCUT2D eigenvalue weighted by atomic mass is 16.7. The van der Waals surface area contributed by atoms with Crippen molar-refractivity contribution in [3.05, 3.63) is 53.9 Å². The lowest BCUT2D eigenvalue weighted by molar-refractivity contribution is 0.0618. The molecule has 2 aliphatic rings. The first-order valence-corrected chi connectivity index (χ1v) is 9.17. The van der Waals surface area contributed by atoms with Crippen molar-refractivity contribution >= 4 is 5.91 Å². The van der Waals surface area contributed by atoms with Crippen LogP contribution in [0, 0.1) is 0 Å². The Morgan fingerprint density at radius 1 is 1.00 bits per heavy atom. The van der Waals surface area contributed by atoms with Gasteiger partial charge in [0.15, 0.2) is 23.0 Å². The van der Waals surface area contributed by atoms with Gasteiger partial charge in [-0.05, 0) is 29.8 Å². The van der Waals surface area contributed by atoms with Crippen LogP contribution in [-0.2, 0) is 6.54 Å². The largest absolute Gasteiger partial charge is 0.461 e. The van der Waals surface area contributed by atoms with Crippen LogP contribution in [0.1, 0.15) is 16.1 Å². The van der Waals surface area contributed by atoms with E-state index in [1.165, 1.54) is 5.56 Å². The molecule has 0 aliphatic carbocycles. The van der Waals surface area contributed by atoms with Crippen molar-refractivity contribution < 1.29 is 23.2 Å². The van der Waals surface area contributed by atoms with Crippen LogP contribution in [0.4, 0.5) is 0 Å². The van der Waals surface area contributed by atoms with Gasteiger partial charge < -0.3 is 23.3 Å². The van der Waals surface area contributed by atoms with E-state index in [9.17, 15) is 4.79 Å². The number of hydrogen-bond donors (Lipinski definition) is 0. The fraction of sp³-hybridized carbons (Fsp3) is 0.300. The van der Waals surface area contributed by atoms with E-state index < -0.39 is 0 Å². The monoisotopic (exact) mass is 381 g/mol. The molecule has 144 valence electrons. The molecule has 0 bridgehead atoms. The fourth-order valence-electron chi connectivity index (χ4n) is 3.48. The van der Waals surface area contributed by atoms with Crippen molar-refractivity contribution in [3.63, 3.8) is 0 Å². The average molecular weight is 381 g/mol. The van der Waals surface area contributed by atoms with Crippen molar-refractivity contribution in [2.24, 2.45) is 0 Å². The van der Waals surface area contributed by atoms with Crippen molar-refractivity contribution in [1.29, 1.82) is 0 Å². The van der Waals surface area contributed by atoms with Crippen molar-refractivity contribution in [3.8, 4) is 23.0 Å². The maximum Gasteiger partial charge on any atom is 0.276 e. The SMILES string of the molecule is O=C(c1cc(-c2ccco2)on1)N1CCN(Cc2ccc3c(c2)OCO3)CC1. The molecule has 8 heteroatoms. The number of aromatic nitrogens is 1. The first kappa shape index (κ1) is 16.9. The molecule has 0 saturated carbocycles. The van der Waals surface area contributed by atoms with Gasteiger partial charge in [0, 0.05) is 38.8 Å². The minimum absolute atomic E-state index is 0.121. The molecule has 0 N–H and O–H groups in total. The van der Waals surface area contributed by atoms with Gasteiger partial charge in [-0.3, -0.25) is 9.69 Å². The highest BCUT2D eigenvalue weighted by molar-refractivity contribution is 5.93. The zero-order chi connectivity index (χ0) is 18.9. The van der Waals surface area contributed by atoms with Gasteiger partial charge in [-0.25, -0.2) is 0 Å². The lowest BCUT2D eigenvalue weighted by Gasteiger charge is -2.34. The summed E-state index contributed by atoms with van der Waals surface area (Å²) >= 11 is 0. The van der Waals surface area contributed by atoms with Crippen LogP contribution in [0.5, 0.6) is 11.5 Å². The molecule has 28 heavy (non-hydrogen) atoms. The van der Waals surface area contributed by atoms with Crippen LogP contribution >= 0.6 is 0 Å². The maximum absolute atomic E-state index is 12.7. The summed E-state index contributed by atoms with van der Waals surface area (Å²) < 4.78 is 21.3. The molecule has 5 rings (SSSR count). The molecule has 1 amide bonds. The predicted molar refractivity (Wildman–Crippen MR) is 98.0 cm³/mol. The highest BCUT2D eigenvalue weighted by Gasteiger charge is 2.25. The molecule has 2 aromatic heterocycles. The summed E-state index contributed by atoms with van der Waals surface area (Å²) in [6, 6.07) is 11.2. The Hall–Kier alpha value is -3.26. The van der Waals surface area contributed by atoms with E-state index in [2.05, 4.69) is 16.1 Å². The number of furan rings is 1. The second kappa shape index (κ2) is 7.05. The second-order valence-corrected chi connectivity index (χ2v) is 6.81. The Morgan fingerprint density at radius 3 is 2.68 bits per heavy atom. The average Bonchev–Trinajstić information content (AvgIpc) is 3.48. The van der Waals surface area contributed by atoms with Gasteiger partial charge in [0.05, 0.1) is 6.26 Å². The standard InChI is InChI=1S/C20H19N3O5/c24-20(15-11-19(28-21-15)16-2-1-9-25-16)23-7-5-22(6-8-23)12-14-3-4-17-18(10-14)27-13-26-17/h1-4,9-11H,5-8,12-13H2. The van der Waals surface area contributed by atoms with Crippen molar-refractivity contribution in [2.45, 2.75) is 6.54 Å². The van der Waals surface area contributed by atoms with Gasteiger partial charge in [0.2, 0.25) is 12.6 Å². The normalized spacial score (nSPS) is 16.5. The second-order valence-electron chi connectivity index (χ2n) is 6.81. The van der Waals surface area contributed by atoms with Crippen LogP contribution in [0.25, 0.3) is 11.5 Å². The van der Waals surface area contributed by atoms with E-state index >= 15 is 0 Å². The van der Waals surface area contributed by atoms with Crippen molar-refractivity contribution in [1.82, 2.24) is 15.0 Å². The third-order valence-corrected chi connectivity index (χ3v) is 5.00. The van der Waals surface area contributed by atoms with Gasteiger partial charge >= 0.3 is 0 Å². The van der Waals surface area contributed by atoms with Crippen LogP contribution in [0.15, 0.2) is 51.6 Å². The molecular weight excluding hydrogens is 362 g/mol. The van der Waals surface area contributed by atoms with Crippen LogP contribution in [0.3, 0.4) is 0 Å². The highest BCUT2D eigenvalue weighted by Crippen LogP contribution is 2.33. The van der Waals surface area contributed by atoms with Crippen LogP contribution < -0.4 is 9.47 Å². The molecule has 2 aliphatic heterocycles. The number of benzene rings is 1. The van der Waals surface area contributed by atoms with Crippen molar-refractivity contribution in [2.75, 3.05) is 33.0 Å². The first-order chi connectivity index (χ1) is 13.8. The smallest absolute Gasteiger partial charge is 0.276 e. The van der Waals surface area contributed by atoms with E-state index in [-0.39, 0.29) is 12.7 Å². The number of ether oxygens (including phenoxy) is 2. The summed E-state index contributed by atoms with van der Waals surface area (Å²) in [6.45, 7) is 3.97. The van der Waals surface area contributed by atoms with E-state index in [0.717, 1.165) is 31.1 Å². The minimum Gasteiger partial charge on any atom is -0.461 e. The van der Waals surface area contributed by atoms with Gasteiger partial charge in [-0.1, -0.05) is 11.2 Å². The first-order valence-electron chi connectivity index (χ1n) is 9.17. The topological polar surface area (TPSA) is 81.2 Å². The summed E-state index contributed by atoms with van der Waals surface area (Å²) in [5.74, 6) is 2.48. The Balaban J connectivity index is 1.18. The minimum atomic E-state index is -0.121. The summed E-state index contributed by atoms with van der Waals surface area (Å²) in [7, 11) is 0. The lowest BCUT2D eigenvalue weighted by Crippen LogP contribution is -2.48. The number of rotatable bonds is 4. The predicted octanol–water partition coefficient (Wildman–Crippen LogP) is 2.62. The van der Waals surface area contributed by atoms with Crippen LogP contribution in [-0.4, -0.2) is 53.8 Å². The summed E-state index contributed by atoms with van der Waals surface area (Å²) in [6.07, 6.45) is 1.55. The third kappa shape index (κ3) is 3.22. The summed E-state index contributed by atoms with van der Waals surface area (Å²) in [5, 5.41) is 3.90. The molecule has 1 aromatic carbocycles. The summed E-state index contributed by atoms with van der Waals surface area (Å²) in [5.41, 5.74) is 1.47. The molecule has 0 radical (unpaired) electrons. The van der Waals surface area contributed by atoms with E-state index in [4.69, 9.17) is 18.4 Å². The summed E-state index contributed by atoms with van der Waals surface area (Å²) in [4.78, 5) is 16.8. The molecule has 1 fully saturated rings. The third-order valence-electron chi connectivity index (χ3n) is 5.00. The molecule has 4 heterocycles. The molecule has 1 saturated heterocycles. The fourth-order valence-corrected chi connectivity index (χ4v) is 3.48. The lowest BCUT2D eigenvalue weighted by atomic mass is 10.1. The van der Waals surface area contributed by atoms with Gasteiger partial charge in [0.25, 0.3) is 5.91 Å². The zero-order valence-electron chi connectivity index (χ0n) is 15.2. The number of amides is 1. The number of piperazine rings is 1. The number of carbonyl (C=O) groups excluding carboxylic acids is 1. The number of hydrogen-bond acceptors (Lipinski definition) is 7. The molecule has 8 nitrogen and oxygen atoms in total. The Bertz CT molecular complexity index is 974. The Morgan fingerprint density at radius 2 is 1.86 bits per heavy atom. The molecule has 0 atom stereocenters. The van der Waals surface area contributed by atoms with E-state index in [1.54, 1.807) is 29.4 Å². The number of fused-ring (bicyclic) bond motifs is 1. The Kier molecular flexibility index (Phi) is 4.25. The zero-order valence-corrected chi connectivity index (χ0v) is 15.2. The molecule has 0 unspecified atom stereocenters. The van der Waals surface area contributed by atoms with Crippen LogP contribution in [0.2, 0.25) is 0 Å². The maximum atomic E-state index is 12.7. The Labute approximate surface area is 161 Å². The number of nitrogens with zero attached hydrogens (tertiary/aromatic N) is 3. The van der Waals surface area contributed by atoms with Gasteiger partial charge in [0.1, 0.15) is 0 Å². The van der Waals surface area contributed by atoms with Gasteiger partial charge in [-0.2, -0.15) is 0 Å².